The van der Waals surface area contributed by atoms with Gasteiger partial charge in [0.15, 0.2) is 0 Å². The summed E-state index contributed by atoms with van der Waals surface area (Å²) in [7, 11) is 0. The molecule has 138 valence electrons. The second-order valence-electron chi connectivity index (χ2n) is 7.50. The second-order valence-corrected chi connectivity index (χ2v) is 8.41. The lowest BCUT2D eigenvalue weighted by Crippen LogP contribution is -2.67. The summed E-state index contributed by atoms with van der Waals surface area (Å²) in [6.07, 6.45) is 0.904. The number of amides is 2. The van der Waals surface area contributed by atoms with Crippen LogP contribution in [0.1, 0.15) is 25.8 Å². The molecule has 0 saturated carbocycles. The van der Waals surface area contributed by atoms with Gasteiger partial charge in [0, 0.05) is 50.9 Å². The fourth-order valence-corrected chi connectivity index (χ4v) is 4.98. The average molecular weight is 372 g/mol. The SMILES string of the molecule is CC(=O)N1CCN(C(=O)C2(C)CCN2Cc2csc3ccccc23)CC1. The first-order valence-corrected chi connectivity index (χ1v) is 10.1. The van der Waals surface area contributed by atoms with Crippen molar-refractivity contribution in [3.8, 4) is 0 Å². The van der Waals surface area contributed by atoms with Crippen LogP contribution in [-0.4, -0.2) is 64.8 Å². The number of carbonyl (C=O) groups is 2. The van der Waals surface area contributed by atoms with E-state index < -0.39 is 5.54 Å². The van der Waals surface area contributed by atoms with Crippen molar-refractivity contribution < 1.29 is 9.59 Å². The molecule has 1 aromatic heterocycles. The van der Waals surface area contributed by atoms with Gasteiger partial charge >= 0.3 is 0 Å². The van der Waals surface area contributed by atoms with E-state index in [0.717, 1.165) is 19.5 Å². The molecule has 5 nitrogen and oxygen atoms in total. The molecule has 0 spiro atoms. The van der Waals surface area contributed by atoms with E-state index in [0.29, 0.717) is 26.2 Å². The van der Waals surface area contributed by atoms with Crippen molar-refractivity contribution in [1.29, 1.82) is 0 Å². The normalized spacial score (nSPS) is 23.9. The number of rotatable bonds is 3. The van der Waals surface area contributed by atoms with E-state index in [4.69, 9.17) is 0 Å². The number of piperazine rings is 1. The molecule has 2 saturated heterocycles. The van der Waals surface area contributed by atoms with Crippen LogP contribution in [0.15, 0.2) is 29.6 Å². The van der Waals surface area contributed by atoms with E-state index >= 15 is 0 Å². The zero-order valence-electron chi connectivity index (χ0n) is 15.4. The third-order valence-corrected chi connectivity index (χ3v) is 6.97. The molecule has 0 radical (unpaired) electrons. The third-order valence-electron chi connectivity index (χ3n) is 5.96. The molecule has 0 aliphatic carbocycles. The number of benzene rings is 1. The quantitative estimate of drug-likeness (QED) is 0.833. The molecule has 0 bridgehead atoms. The van der Waals surface area contributed by atoms with E-state index in [1.54, 1.807) is 18.3 Å². The summed E-state index contributed by atoms with van der Waals surface area (Å²) >= 11 is 1.77. The summed E-state index contributed by atoms with van der Waals surface area (Å²) < 4.78 is 1.30. The fraction of sp³-hybridized carbons (Fsp3) is 0.500. The van der Waals surface area contributed by atoms with E-state index in [-0.39, 0.29) is 11.8 Å². The van der Waals surface area contributed by atoms with Crippen LogP contribution < -0.4 is 0 Å². The van der Waals surface area contributed by atoms with Gasteiger partial charge < -0.3 is 9.80 Å². The van der Waals surface area contributed by atoms with Crippen molar-refractivity contribution in [2.45, 2.75) is 32.4 Å². The van der Waals surface area contributed by atoms with Gasteiger partial charge in [-0.25, -0.2) is 0 Å². The van der Waals surface area contributed by atoms with Gasteiger partial charge in [-0.05, 0) is 35.7 Å². The van der Waals surface area contributed by atoms with Gasteiger partial charge in [0.05, 0.1) is 5.54 Å². The highest BCUT2D eigenvalue weighted by Crippen LogP contribution is 2.36. The fourth-order valence-electron chi connectivity index (χ4n) is 4.03. The van der Waals surface area contributed by atoms with Crippen LogP contribution in [0.2, 0.25) is 0 Å². The molecule has 4 rings (SSSR count). The Kier molecular flexibility index (Phi) is 4.49. The number of carbonyl (C=O) groups excluding carboxylic acids is 2. The first-order valence-electron chi connectivity index (χ1n) is 9.24. The molecule has 0 N–H and O–H groups in total. The highest BCUT2D eigenvalue weighted by atomic mass is 32.1. The van der Waals surface area contributed by atoms with Crippen LogP contribution in [0.25, 0.3) is 10.1 Å². The maximum absolute atomic E-state index is 13.2. The van der Waals surface area contributed by atoms with Gasteiger partial charge in [-0.1, -0.05) is 18.2 Å². The highest BCUT2D eigenvalue weighted by Gasteiger charge is 2.49. The van der Waals surface area contributed by atoms with Crippen molar-refractivity contribution in [2.75, 3.05) is 32.7 Å². The minimum Gasteiger partial charge on any atom is -0.339 e. The van der Waals surface area contributed by atoms with Crippen LogP contribution in [0.4, 0.5) is 0 Å². The summed E-state index contributed by atoms with van der Waals surface area (Å²) in [6, 6.07) is 8.47. The lowest BCUT2D eigenvalue weighted by Gasteiger charge is -2.52. The molecule has 3 heterocycles. The molecular formula is C20H25N3O2S. The standard InChI is InChI=1S/C20H25N3O2S/c1-15(24)21-9-11-22(12-10-21)19(25)20(2)7-8-23(20)13-16-14-26-18-6-4-3-5-17(16)18/h3-6,14H,7-13H2,1-2H3. The molecule has 1 atom stereocenters. The van der Waals surface area contributed by atoms with Gasteiger partial charge in [-0.15, -0.1) is 11.3 Å². The summed E-state index contributed by atoms with van der Waals surface area (Å²) in [4.78, 5) is 30.7. The Morgan fingerprint density at radius 3 is 2.42 bits per heavy atom. The topological polar surface area (TPSA) is 43.9 Å². The second kappa shape index (κ2) is 6.67. The van der Waals surface area contributed by atoms with Crippen LogP contribution in [0.5, 0.6) is 0 Å². The van der Waals surface area contributed by atoms with Crippen molar-refractivity contribution >= 4 is 33.2 Å². The zero-order chi connectivity index (χ0) is 18.3. The maximum atomic E-state index is 13.2. The lowest BCUT2D eigenvalue weighted by molar-refractivity contribution is -0.156. The monoisotopic (exact) mass is 371 g/mol. The molecular weight excluding hydrogens is 346 g/mol. The molecule has 2 aliphatic heterocycles. The Morgan fingerprint density at radius 2 is 1.77 bits per heavy atom. The Hall–Kier alpha value is -1.92. The van der Waals surface area contributed by atoms with E-state index in [1.807, 2.05) is 9.80 Å². The molecule has 2 aromatic rings. The molecule has 6 heteroatoms. The molecule has 1 unspecified atom stereocenters. The summed E-state index contributed by atoms with van der Waals surface area (Å²) in [5, 5.41) is 3.52. The van der Waals surface area contributed by atoms with Gasteiger partial charge in [-0.2, -0.15) is 0 Å². The largest absolute Gasteiger partial charge is 0.339 e. The predicted octanol–water partition coefficient (Wildman–Crippen LogP) is 2.56. The summed E-state index contributed by atoms with van der Waals surface area (Å²) in [5.74, 6) is 0.310. The summed E-state index contributed by atoms with van der Waals surface area (Å²) in [6.45, 7) is 8.02. The molecule has 2 aliphatic rings. The maximum Gasteiger partial charge on any atom is 0.242 e. The smallest absolute Gasteiger partial charge is 0.242 e. The molecule has 2 fully saturated rings. The van der Waals surface area contributed by atoms with E-state index in [9.17, 15) is 9.59 Å². The number of likely N-dealkylation sites (tertiary alicyclic amines) is 1. The predicted molar refractivity (Wildman–Crippen MR) is 104 cm³/mol. The molecule has 2 amide bonds. The van der Waals surface area contributed by atoms with Crippen molar-refractivity contribution in [1.82, 2.24) is 14.7 Å². The first-order chi connectivity index (χ1) is 12.5. The summed E-state index contributed by atoms with van der Waals surface area (Å²) in [5.41, 5.74) is 0.896. The zero-order valence-corrected chi connectivity index (χ0v) is 16.2. The Labute approximate surface area is 158 Å². The highest BCUT2D eigenvalue weighted by molar-refractivity contribution is 7.17. The van der Waals surface area contributed by atoms with Gasteiger partial charge in [0.25, 0.3) is 0 Å². The van der Waals surface area contributed by atoms with Crippen molar-refractivity contribution in [3.05, 3.63) is 35.2 Å². The van der Waals surface area contributed by atoms with Gasteiger partial charge in [-0.3, -0.25) is 14.5 Å². The lowest BCUT2D eigenvalue weighted by atomic mass is 9.84. The van der Waals surface area contributed by atoms with Gasteiger partial charge in [0.2, 0.25) is 11.8 Å². The Bertz CT molecular complexity index is 840. The Morgan fingerprint density at radius 1 is 1.08 bits per heavy atom. The minimum absolute atomic E-state index is 0.0953. The van der Waals surface area contributed by atoms with Crippen molar-refractivity contribution in [2.24, 2.45) is 0 Å². The average Bonchev–Trinajstić information content (AvgIpc) is 3.07. The van der Waals surface area contributed by atoms with Crippen LogP contribution in [0, 0.1) is 0 Å². The van der Waals surface area contributed by atoms with Gasteiger partial charge in [0.1, 0.15) is 0 Å². The number of hydrogen-bond donors (Lipinski definition) is 0. The molecule has 26 heavy (non-hydrogen) atoms. The number of hydrogen-bond acceptors (Lipinski definition) is 4. The van der Waals surface area contributed by atoms with Crippen LogP contribution in [-0.2, 0) is 16.1 Å². The van der Waals surface area contributed by atoms with E-state index in [2.05, 4.69) is 41.5 Å². The number of fused-ring (bicyclic) bond motifs is 1. The molecule has 1 aromatic carbocycles. The van der Waals surface area contributed by atoms with E-state index in [1.165, 1.54) is 15.6 Å². The first kappa shape index (κ1) is 17.5. The number of thiophene rings is 1. The number of nitrogens with zero attached hydrogens (tertiary/aromatic N) is 3. The van der Waals surface area contributed by atoms with Crippen LogP contribution in [0.3, 0.4) is 0 Å². The minimum atomic E-state index is -0.415. The van der Waals surface area contributed by atoms with Crippen LogP contribution >= 0.6 is 11.3 Å². The van der Waals surface area contributed by atoms with Crippen molar-refractivity contribution in [3.63, 3.8) is 0 Å². The third kappa shape index (κ3) is 2.91. The Balaban J connectivity index is 1.45.